The van der Waals surface area contributed by atoms with Gasteiger partial charge in [0.05, 0.1) is 5.75 Å². The molecular weight excluding hydrogens is 514 g/mol. The lowest BCUT2D eigenvalue weighted by atomic mass is 10.2. The second-order valence-corrected chi connectivity index (χ2v) is 10.5. The SMILES string of the molecule is O=C(Nc1cccc(SCC(=O)N2CCc3ccccc32)c1)/C(=C/c1ccsc1)NC(=O)c1ccccc1. The smallest absolute Gasteiger partial charge is 0.272 e. The zero-order valence-corrected chi connectivity index (χ0v) is 22.1. The Morgan fingerprint density at radius 3 is 2.58 bits per heavy atom. The van der Waals surface area contributed by atoms with E-state index in [4.69, 9.17) is 0 Å². The summed E-state index contributed by atoms with van der Waals surface area (Å²) >= 11 is 2.93. The molecule has 2 N–H and O–H groups in total. The van der Waals surface area contributed by atoms with Crippen molar-refractivity contribution in [2.45, 2.75) is 11.3 Å². The molecule has 190 valence electrons. The summed E-state index contributed by atoms with van der Waals surface area (Å²) in [6.45, 7) is 0.697. The van der Waals surface area contributed by atoms with Crippen molar-refractivity contribution in [1.82, 2.24) is 5.32 Å². The Morgan fingerprint density at radius 1 is 0.947 bits per heavy atom. The van der Waals surface area contributed by atoms with Crippen molar-refractivity contribution in [3.63, 3.8) is 0 Å². The van der Waals surface area contributed by atoms with Gasteiger partial charge in [-0.2, -0.15) is 11.3 Å². The van der Waals surface area contributed by atoms with Crippen LogP contribution in [0.25, 0.3) is 6.08 Å². The Morgan fingerprint density at radius 2 is 1.76 bits per heavy atom. The highest BCUT2D eigenvalue weighted by Crippen LogP contribution is 2.29. The molecule has 5 rings (SSSR count). The largest absolute Gasteiger partial charge is 0.321 e. The molecule has 3 amide bonds. The number of hydrogen-bond acceptors (Lipinski definition) is 5. The van der Waals surface area contributed by atoms with Crippen molar-refractivity contribution in [3.8, 4) is 0 Å². The van der Waals surface area contributed by atoms with Gasteiger partial charge in [-0.05, 0) is 76.8 Å². The van der Waals surface area contributed by atoms with Crippen LogP contribution in [0.15, 0.2) is 106 Å². The molecule has 8 heteroatoms. The van der Waals surface area contributed by atoms with Crippen LogP contribution in [0, 0.1) is 0 Å². The van der Waals surface area contributed by atoms with Gasteiger partial charge < -0.3 is 15.5 Å². The Kier molecular flexibility index (Phi) is 8.01. The number of nitrogens with one attached hydrogen (secondary N) is 2. The molecule has 0 saturated heterocycles. The fraction of sp³-hybridized carbons (Fsp3) is 0.100. The van der Waals surface area contributed by atoms with Gasteiger partial charge in [0.1, 0.15) is 5.70 Å². The van der Waals surface area contributed by atoms with Gasteiger partial charge in [0.2, 0.25) is 5.91 Å². The maximum Gasteiger partial charge on any atom is 0.272 e. The summed E-state index contributed by atoms with van der Waals surface area (Å²) in [5.74, 6) is -0.456. The Labute approximate surface area is 229 Å². The zero-order chi connectivity index (χ0) is 26.3. The second-order valence-electron chi connectivity index (χ2n) is 8.63. The van der Waals surface area contributed by atoms with Gasteiger partial charge in [0, 0.05) is 28.4 Å². The number of rotatable bonds is 8. The number of anilines is 2. The van der Waals surface area contributed by atoms with Crippen LogP contribution in [0.5, 0.6) is 0 Å². The van der Waals surface area contributed by atoms with Gasteiger partial charge >= 0.3 is 0 Å². The van der Waals surface area contributed by atoms with E-state index in [9.17, 15) is 14.4 Å². The Balaban J connectivity index is 1.25. The Hall–Kier alpha value is -4.14. The van der Waals surface area contributed by atoms with E-state index in [-0.39, 0.29) is 17.5 Å². The summed E-state index contributed by atoms with van der Waals surface area (Å²) in [5.41, 5.74) is 4.17. The van der Waals surface area contributed by atoms with Gasteiger partial charge in [0.25, 0.3) is 11.8 Å². The molecule has 1 aromatic heterocycles. The van der Waals surface area contributed by atoms with E-state index in [1.165, 1.54) is 28.7 Å². The standard InChI is InChI=1S/C30H25N3O3S2/c34-28(33-15-13-22-7-4-5-12-27(22)33)20-38-25-11-6-10-24(18-25)31-30(36)26(17-21-14-16-37-19-21)32-29(35)23-8-2-1-3-9-23/h1-12,14,16-19H,13,15,20H2,(H,31,36)(H,32,35)/b26-17-. The van der Waals surface area contributed by atoms with Crippen LogP contribution >= 0.6 is 23.1 Å². The van der Waals surface area contributed by atoms with E-state index in [0.717, 1.165) is 22.6 Å². The number of amides is 3. The maximum atomic E-state index is 13.2. The van der Waals surface area contributed by atoms with Crippen molar-refractivity contribution in [3.05, 3.63) is 118 Å². The molecule has 1 aliphatic rings. The van der Waals surface area contributed by atoms with Gasteiger partial charge in [-0.1, -0.05) is 42.5 Å². The molecule has 0 spiro atoms. The highest BCUT2D eigenvalue weighted by molar-refractivity contribution is 8.00. The summed E-state index contributed by atoms with van der Waals surface area (Å²) in [6, 6.07) is 26.0. The molecule has 0 radical (unpaired) electrons. The summed E-state index contributed by atoms with van der Waals surface area (Å²) in [6.07, 6.45) is 2.52. The van der Waals surface area contributed by atoms with Crippen LogP contribution in [-0.4, -0.2) is 30.0 Å². The van der Waals surface area contributed by atoms with E-state index >= 15 is 0 Å². The molecule has 3 aromatic carbocycles. The average Bonchev–Trinajstić information content (AvgIpc) is 3.62. The number of nitrogens with zero attached hydrogens (tertiary/aromatic N) is 1. The van der Waals surface area contributed by atoms with Gasteiger partial charge in [0.15, 0.2) is 0 Å². The molecule has 6 nitrogen and oxygen atoms in total. The fourth-order valence-corrected chi connectivity index (χ4v) is 5.60. The van der Waals surface area contributed by atoms with E-state index in [1.807, 2.05) is 64.2 Å². The first-order valence-electron chi connectivity index (χ1n) is 12.1. The first-order valence-corrected chi connectivity index (χ1v) is 14.0. The molecule has 0 unspecified atom stereocenters. The number of benzene rings is 3. The molecule has 0 bridgehead atoms. The van der Waals surface area contributed by atoms with E-state index in [0.29, 0.717) is 23.5 Å². The zero-order valence-electron chi connectivity index (χ0n) is 20.4. The van der Waals surface area contributed by atoms with Gasteiger partial charge in [-0.25, -0.2) is 0 Å². The molecule has 2 heterocycles. The monoisotopic (exact) mass is 539 g/mol. The lowest BCUT2D eigenvalue weighted by Crippen LogP contribution is -2.30. The molecule has 0 saturated carbocycles. The molecule has 0 atom stereocenters. The van der Waals surface area contributed by atoms with Crippen LogP contribution in [0.3, 0.4) is 0 Å². The number of thiophene rings is 1. The molecular formula is C30H25N3O3S2. The summed E-state index contributed by atoms with van der Waals surface area (Å²) in [4.78, 5) is 41.6. The third-order valence-corrected chi connectivity index (χ3v) is 7.71. The van der Waals surface area contributed by atoms with Crippen LogP contribution in [0.1, 0.15) is 21.5 Å². The third-order valence-electron chi connectivity index (χ3n) is 6.03. The lowest BCUT2D eigenvalue weighted by molar-refractivity contribution is -0.116. The number of carbonyl (C=O) groups excluding carboxylic acids is 3. The maximum absolute atomic E-state index is 13.2. The number of thioether (sulfide) groups is 1. The molecule has 0 fully saturated rings. The normalized spacial score (nSPS) is 12.6. The van der Waals surface area contributed by atoms with Crippen molar-refractivity contribution in [1.29, 1.82) is 0 Å². The first kappa shape index (κ1) is 25.5. The van der Waals surface area contributed by atoms with Crippen molar-refractivity contribution >= 4 is 58.3 Å². The second kappa shape index (κ2) is 11.9. The molecule has 38 heavy (non-hydrogen) atoms. The number of carbonyl (C=O) groups is 3. The Bertz CT molecular complexity index is 1480. The predicted molar refractivity (Wildman–Crippen MR) is 154 cm³/mol. The van der Waals surface area contributed by atoms with Crippen molar-refractivity contribution < 1.29 is 14.4 Å². The molecule has 0 aliphatic carbocycles. The summed E-state index contributed by atoms with van der Waals surface area (Å²) in [5, 5.41) is 9.43. The molecule has 1 aliphatic heterocycles. The van der Waals surface area contributed by atoms with E-state index < -0.39 is 5.91 Å². The quantitative estimate of drug-likeness (QED) is 0.218. The van der Waals surface area contributed by atoms with E-state index in [1.54, 1.807) is 36.4 Å². The van der Waals surface area contributed by atoms with Gasteiger partial charge in [-0.15, -0.1) is 11.8 Å². The minimum atomic E-state index is -0.438. The number of para-hydroxylation sites is 1. The highest BCUT2D eigenvalue weighted by Gasteiger charge is 2.24. The predicted octanol–water partition coefficient (Wildman–Crippen LogP) is 5.84. The van der Waals surface area contributed by atoms with Gasteiger partial charge in [-0.3, -0.25) is 14.4 Å². The van der Waals surface area contributed by atoms with Crippen LogP contribution < -0.4 is 15.5 Å². The third kappa shape index (κ3) is 6.22. The minimum absolute atomic E-state index is 0.0546. The van der Waals surface area contributed by atoms with E-state index in [2.05, 4.69) is 16.7 Å². The number of hydrogen-bond donors (Lipinski definition) is 2. The van der Waals surface area contributed by atoms with Crippen molar-refractivity contribution in [2.75, 3.05) is 22.5 Å². The number of fused-ring (bicyclic) bond motifs is 1. The summed E-state index contributed by atoms with van der Waals surface area (Å²) in [7, 11) is 0. The molecule has 4 aromatic rings. The van der Waals surface area contributed by atoms with Crippen LogP contribution in [0.2, 0.25) is 0 Å². The lowest BCUT2D eigenvalue weighted by Gasteiger charge is -2.17. The minimum Gasteiger partial charge on any atom is -0.321 e. The highest BCUT2D eigenvalue weighted by atomic mass is 32.2. The van der Waals surface area contributed by atoms with Crippen LogP contribution in [-0.2, 0) is 16.0 Å². The van der Waals surface area contributed by atoms with Crippen LogP contribution in [0.4, 0.5) is 11.4 Å². The first-order chi connectivity index (χ1) is 18.6. The summed E-state index contributed by atoms with van der Waals surface area (Å²) < 4.78 is 0. The average molecular weight is 540 g/mol. The topological polar surface area (TPSA) is 78.5 Å². The fourth-order valence-electron chi connectivity index (χ4n) is 4.15. The van der Waals surface area contributed by atoms with Crippen molar-refractivity contribution in [2.24, 2.45) is 0 Å².